The Kier molecular flexibility index (Phi) is 2.15. The van der Waals surface area contributed by atoms with E-state index < -0.39 is 0 Å². The lowest BCUT2D eigenvalue weighted by atomic mass is 10.3. The van der Waals surface area contributed by atoms with Crippen LogP contribution in [0.25, 0.3) is 22.6 Å². The standard InChI is InChI=1S/C11H9N3S2/c1-14-9-5-3-2-4-7(9)12-10(14)8-6-16-11(15)13-8/h2-6H,1H3,(H,13,15). The molecule has 0 unspecified atom stereocenters. The molecule has 1 N–H and O–H groups in total. The molecule has 1 aromatic carbocycles. The number of para-hydroxylation sites is 2. The number of hydrogen-bond acceptors (Lipinski definition) is 3. The van der Waals surface area contributed by atoms with Gasteiger partial charge in [-0.3, -0.25) is 0 Å². The summed E-state index contributed by atoms with van der Waals surface area (Å²) in [5.41, 5.74) is 3.11. The number of rotatable bonds is 1. The van der Waals surface area contributed by atoms with Gasteiger partial charge in [-0.1, -0.05) is 12.1 Å². The first kappa shape index (κ1) is 9.74. The van der Waals surface area contributed by atoms with E-state index in [1.165, 1.54) is 11.3 Å². The third-order valence-electron chi connectivity index (χ3n) is 2.55. The molecule has 0 aliphatic rings. The summed E-state index contributed by atoms with van der Waals surface area (Å²) < 4.78 is 2.85. The molecule has 3 aromatic rings. The van der Waals surface area contributed by atoms with E-state index in [2.05, 4.69) is 20.6 Å². The average Bonchev–Trinajstić information content (AvgIpc) is 2.84. The first-order valence-electron chi connectivity index (χ1n) is 4.85. The van der Waals surface area contributed by atoms with Gasteiger partial charge in [0, 0.05) is 12.4 Å². The van der Waals surface area contributed by atoms with E-state index >= 15 is 0 Å². The Morgan fingerprint density at radius 3 is 2.88 bits per heavy atom. The Balaban J connectivity index is 2.32. The van der Waals surface area contributed by atoms with Gasteiger partial charge in [0.15, 0.2) is 9.78 Å². The smallest absolute Gasteiger partial charge is 0.158 e. The molecular weight excluding hydrogens is 238 g/mol. The highest BCUT2D eigenvalue weighted by molar-refractivity contribution is 7.73. The number of aryl methyl sites for hydroxylation is 1. The summed E-state index contributed by atoms with van der Waals surface area (Å²) in [5, 5.41) is 2.00. The number of benzene rings is 1. The molecule has 0 radical (unpaired) electrons. The Bertz CT molecular complexity index is 705. The van der Waals surface area contributed by atoms with Crippen LogP contribution in [0.15, 0.2) is 29.6 Å². The molecule has 0 saturated heterocycles. The normalized spacial score (nSPS) is 11.1. The molecule has 5 heteroatoms. The number of hydrogen-bond donors (Lipinski definition) is 1. The number of H-pyrrole nitrogens is 1. The molecule has 2 heterocycles. The van der Waals surface area contributed by atoms with E-state index in [0.29, 0.717) is 0 Å². The lowest BCUT2D eigenvalue weighted by molar-refractivity contribution is 0.952. The van der Waals surface area contributed by atoms with Crippen molar-refractivity contribution in [3.8, 4) is 11.5 Å². The minimum Gasteiger partial charge on any atom is -0.334 e. The van der Waals surface area contributed by atoms with Gasteiger partial charge in [-0.25, -0.2) is 4.98 Å². The van der Waals surface area contributed by atoms with Gasteiger partial charge in [-0.15, -0.1) is 11.3 Å². The van der Waals surface area contributed by atoms with Crippen molar-refractivity contribution in [3.63, 3.8) is 0 Å². The van der Waals surface area contributed by atoms with Gasteiger partial charge >= 0.3 is 0 Å². The summed E-state index contributed by atoms with van der Waals surface area (Å²) in [6.45, 7) is 0. The number of thiazole rings is 1. The number of fused-ring (bicyclic) bond motifs is 1. The minimum absolute atomic E-state index is 0.780. The second kappa shape index (κ2) is 3.54. The largest absolute Gasteiger partial charge is 0.334 e. The Morgan fingerprint density at radius 1 is 1.38 bits per heavy atom. The van der Waals surface area contributed by atoms with Crippen LogP contribution in [0.5, 0.6) is 0 Å². The first-order valence-corrected chi connectivity index (χ1v) is 6.14. The number of aromatic amines is 1. The summed E-state index contributed by atoms with van der Waals surface area (Å²) in [7, 11) is 2.01. The number of nitrogens with one attached hydrogen (secondary N) is 1. The van der Waals surface area contributed by atoms with Crippen LogP contribution in [0, 0.1) is 3.95 Å². The van der Waals surface area contributed by atoms with E-state index in [1.54, 1.807) is 0 Å². The van der Waals surface area contributed by atoms with Crippen molar-refractivity contribution < 1.29 is 0 Å². The van der Waals surface area contributed by atoms with Gasteiger partial charge in [-0.2, -0.15) is 0 Å². The van der Waals surface area contributed by atoms with Gasteiger partial charge in [0.25, 0.3) is 0 Å². The van der Waals surface area contributed by atoms with Crippen molar-refractivity contribution in [2.45, 2.75) is 0 Å². The molecular formula is C11H9N3S2. The lowest BCUT2D eigenvalue weighted by Gasteiger charge is -1.98. The zero-order valence-electron chi connectivity index (χ0n) is 8.60. The third kappa shape index (κ3) is 1.40. The number of imidazole rings is 1. The number of aromatic nitrogens is 3. The highest BCUT2D eigenvalue weighted by Gasteiger charge is 2.09. The molecule has 0 saturated carbocycles. The van der Waals surface area contributed by atoms with Gasteiger partial charge in [0.05, 0.1) is 16.7 Å². The van der Waals surface area contributed by atoms with E-state index in [4.69, 9.17) is 12.2 Å². The van der Waals surface area contributed by atoms with Gasteiger partial charge in [0.2, 0.25) is 0 Å². The summed E-state index contributed by atoms with van der Waals surface area (Å²) in [4.78, 5) is 7.73. The van der Waals surface area contributed by atoms with Crippen molar-refractivity contribution in [2.75, 3.05) is 0 Å². The highest BCUT2D eigenvalue weighted by Crippen LogP contribution is 2.23. The zero-order valence-corrected chi connectivity index (χ0v) is 10.2. The van der Waals surface area contributed by atoms with Crippen LogP contribution >= 0.6 is 23.6 Å². The molecule has 0 fully saturated rings. The highest BCUT2D eigenvalue weighted by atomic mass is 32.1. The van der Waals surface area contributed by atoms with Crippen molar-refractivity contribution in [2.24, 2.45) is 7.05 Å². The topological polar surface area (TPSA) is 33.6 Å². The maximum absolute atomic E-state index is 5.08. The fourth-order valence-corrected chi connectivity index (χ4v) is 2.59. The van der Waals surface area contributed by atoms with E-state index in [0.717, 1.165) is 26.5 Å². The van der Waals surface area contributed by atoms with Crippen LogP contribution < -0.4 is 0 Å². The average molecular weight is 247 g/mol. The molecule has 2 aromatic heterocycles. The van der Waals surface area contributed by atoms with E-state index in [1.807, 2.05) is 30.6 Å². The van der Waals surface area contributed by atoms with Crippen molar-refractivity contribution >= 4 is 34.6 Å². The van der Waals surface area contributed by atoms with Crippen molar-refractivity contribution in [3.05, 3.63) is 33.6 Å². The molecule has 3 rings (SSSR count). The maximum atomic E-state index is 5.08. The van der Waals surface area contributed by atoms with Gasteiger partial charge in [-0.05, 0) is 24.4 Å². The molecule has 0 aliphatic heterocycles. The van der Waals surface area contributed by atoms with Crippen LogP contribution in [0.3, 0.4) is 0 Å². The second-order valence-corrected chi connectivity index (χ2v) is 5.09. The monoisotopic (exact) mass is 247 g/mol. The van der Waals surface area contributed by atoms with Crippen molar-refractivity contribution in [1.29, 1.82) is 0 Å². The molecule has 0 aliphatic carbocycles. The predicted molar refractivity (Wildman–Crippen MR) is 69.2 cm³/mol. The van der Waals surface area contributed by atoms with E-state index in [9.17, 15) is 0 Å². The SMILES string of the molecule is Cn1c(-c2csc(=S)[nH]2)nc2ccccc21. The van der Waals surface area contributed by atoms with Crippen LogP contribution in [-0.4, -0.2) is 14.5 Å². The lowest BCUT2D eigenvalue weighted by Crippen LogP contribution is -1.92. The first-order chi connectivity index (χ1) is 7.75. The molecule has 80 valence electrons. The van der Waals surface area contributed by atoms with Gasteiger partial charge in [0.1, 0.15) is 0 Å². The van der Waals surface area contributed by atoms with Crippen molar-refractivity contribution in [1.82, 2.24) is 14.5 Å². The van der Waals surface area contributed by atoms with E-state index in [-0.39, 0.29) is 0 Å². The van der Waals surface area contributed by atoms with Crippen LogP contribution in [-0.2, 0) is 7.05 Å². The Labute approximate surface area is 101 Å². The third-order valence-corrected chi connectivity index (χ3v) is 3.61. The molecule has 0 bridgehead atoms. The molecule has 3 nitrogen and oxygen atoms in total. The second-order valence-electron chi connectivity index (χ2n) is 3.54. The predicted octanol–water partition coefficient (Wildman–Crippen LogP) is 3.36. The molecule has 0 spiro atoms. The Hall–Kier alpha value is -1.46. The van der Waals surface area contributed by atoms with Crippen LogP contribution in [0.4, 0.5) is 0 Å². The molecule has 16 heavy (non-hydrogen) atoms. The quantitative estimate of drug-likeness (QED) is 0.669. The molecule has 0 amide bonds. The summed E-state index contributed by atoms with van der Waals surface area (Å²) >= 11 is 6.61. The summed E-state index contributed by atoms with van der Waals surface area (Å²) in [6, 6.07) is 8.09. The minimum atomic E-state index is 0.780. The zero-order chi connectivity index (χ0) is 11.1. The fourth-order valence-electron chi connectivity index (χ4n) is 1.78. The van der Waals surface area contributed by atoms with Crippen LogP contribution in [0.2, 0.25) is 0 Å². The van der Waals surface area contributed by atoms with Crippen LogP contribution in [0.1, 0.15) is 0 Å². The maximum Gasteiger partial charge on any atom is 0.158 e. The summed E-state index contributed by atoms with van der Waals surface area (Å²) in [6.07, 6.45) is 0. The fraction of sp³-hybridized carbons (Fsp3) is 0.0909. The summed E-state index contributed by atoms with van der Waals surface area (Å²) in [5.74, 6) is 0.925. The number of nitrogens with zero attached hydrogens (tertiary/aromatic N) is 2. The molecule has 0 atom stereocenters. The van der Waals surface area contributed by atoms with Gasteiger partial charge < -0.3 is 9.55 Å². The Morgan fingerprint density at radius 2 is 2.19 bits per heavy atom.